The largest absolute Gasteiger partial charge is 0.361 e. The van der Waals surface area contributed by atoms with E-state index in [0.717, 1.165) is 16.5 Å². The molecule has 0 amide bonds. The van der Waals surface area contributed by atoms with Crippen molar-refractivity contribution in [3.63, 3.8) is 0 Å². The monoisotopic (exact) mass is 247 g/mol. The van der Waals surface area contributed by atoms with Crippen molar-refractivity contribution in [3.05, 3.63) is 78.0 Å². The zero-order chi connectivity index (χ0) is 13.1. The van der Waals surface area contributed by atoms with E-state index >= 15 is 0 Å². The SMILES string of the molecule is O=C(C=Cc1cccc2[nH]ccc12)c1ccccc1. The van der Waals surface area contributed by atoms with Gasteiger partial charge in [-0.25, -0.2) is 0 Å². The number of aromatic nitrogens is 1. The van der Waals surface area contributed by atoms with Crippen molar-refractivity contribution in [3.8, 4) is 0 Å². The van der Waals surface area contributed by atoms with E-state index in [9.17, 15) is 4.79 Å². The summed E-state index contributed by atoms with van der Waals surface area (Å²) in [4.78, 5) is 15.2. The standard InChI is InChI=1S/C17H13NO/c19-17(14-5-2-1-3-6-14)10-9-13-7-4-8-16-15(13)11-12-18-16/h1-12,18H. The maximum absolute atomic E-state index is 12.0. The van der Waals surface area contributed by atoms with Gasteiger partial charge < -0.3 is 4.98 Å². The molecule has 1 N–H and O–H groups in total. The maximum Gasteiger partial charge on any atom is 0.185 e. The number of rotatable bonds is 3. The fourth-order valence-corrected chi connectivity index (χ4v) is 2.12. The van der Waals surface area contributed by atoms with Gasteiger partial charge in [0.1, 0.15) is 0 Å². The summed E-state index contributed by atoms with van der Waals surface area (Å²) < 4.78 is 0. The Morgan fingerprint density at radius 2 is 1.79 bits per heavy atom. The van der Waals surface area contributed by atoms with Gasteiger partial charge >= 0.3 is 0 Å². The van der Waals surface area contributed by atoms with E-state index in [4.69, 9.17) is 0 Å². The molecule has 3 rings (SSSR count). The number of benzene rings is 2. The number of carbonyl (C=O) groups is 1. The number of carbonyl (C=O) groups excluding carboxylic acids is 1. The molecule has 0 aliphatic heterocycles. The summed E-state index contributed by atoms with van der Waals surface area (Å²) in [6, 6.07) is 17.3. The number of fused-ring (bicyclic) bond motifs is 1. The summed E-state index contributed by atoms with van der Waals surface area (Å²) in [6.07, 6.45) is 5.39. The highest BCUT2D eigenvalue weighted by Gasteiger charge is 2.01. The van der Waals surface area contributed by atoms with Gasteiger partial charge in [-0.3, -0.25) is 4.79 Å². The fourth-order valence-electron chi connectivity index (χ4n) is 2.12. The number of aromatic amines is 1. The van der Waals surface area contributed by atoms with Gasteiger partial charge in [-0.15, -0.1) is 0 Å². The first-order valence-electron chi connectivity index (χ1n) is 6.18. The highest BCUT2D eigenvalue weighted by Crippen LogP contribution is 2.18. The Bertz CT molecular complexity index is 738. The molecule has 2 heteroatoms. The third kappa shape index (κ3) is 2.33. The van der Waals surface area contributed by atoms with Gasteiger partial charge in [-0.2, -0.15) is 0 Å². The van der Waals surface area contributed by atoms with Crippen molar-refractivity contribution >= 4 is 22.8 Å². The minimum atomic E-state index is 0.0214. The molecular formula is C17H13NO. The Labute approximate surface area is 111 Å². The van der Waals surface area contributed by atoms with Crippen LogP contribution in [0.2, 0.25) is 0 Å². The molecule has 3 aromatic rings. The van der Waals surface area contributed by atoms with Gasteiger partial charge in [0.15, 0.2) is 5.78 Å². The number of allylic oxidation sites excluding steroid dienone is 1. The molecule has 2 nitrogen and oxygen atoms in total. The molecule has 0 radical (unpaired) electrons. The Hall–Kier alpha value is -2.61. The lowest BCUT2D eigenvalue weighted by atomic mass is 10.1. The molecule has 0 bridgehead atoms. The second kappa shape index (κ2) is 4.94. The molecule has 0 saturated carbocycles. The van der Waals surface area contributed by atoms with Crippen LogP contribution in [0.1, 0.15) is 15.9 Å². The zero-order valence-electron chi connectivity index (χ0n) is 10.3. The van der Waals surface area contributed by atoms with E-state index in [2.05, 4.69) is 4.98 Å². The maximum atomic E-state index is 12.0. The molecule has 0 aliphatic rings. The molecule has 0 spiro atoms. The Kier molecular flexibility index (Phi) is 2.99. The van der Waals surface area contributed by atoms with Gasteiger partial charge in [0.25, 0.3) is 0 Å². The van der Waals surface area contributed by atoms with Gasteiger partial charge in [0.2, 0.25) is 0 Å². The smallest absolute Gasteiger partial charge is 0.185 e. The average Bonchev–Trinajstić information content (AvgIpc) is 2.94. The first-order valence-corrected chi connectivity index (χ1v) is 6.18. The lowest BCUT2D eigenvalue weighted by Crippen LogP contribution is -1.92. The molecule has 0 aliphatic carbocycles. The lowest BCUT2D eigenvalue weighted by Gasteiger charge is -1.97. The minimum Gasteiger partial charge on any atom is -0.361 e. The summed E-state index contributed by atoms with van der Waals surface area (Å²) >= 11 is 0. The number of hydrogen-bond donors (Lipinski definition) is 1. The quantitative estimate of drug-likeness (QED) is 0.549. The second-order valence-electron chi connectivity index (χ2n) is 4.35. The molecule has 2 aromatic carbocycles. The van der Waals surface area contributed by atoms with Crippen LogP contribution in [0.5, 0.6) is 0 Å². The van der Waals surface area contributed by atoms with Crippen LogP contribution in [0.3, 0.4) is 0 Å². The van der Waals surface area contributed by atoms with Crippen molar-refractivity contribution in [2.75, 3.05) is 0 Å². The van der Waals surface area contributed by atoms with E-state index < -0.39 is 0 Å². The molecule has 0 saturated heterocycles. The predicted molar refractivity (Wildman–Crippen MR) is 78.1 cm³/mol. The van der Waals surface area contributed by atoms with Crippen molar-refractivity contribution in [1.82, 2.24) is 4.98 Å². The van der Waals surface area contributed by atoms with E-state index in [1.54, 1.807) is 6.08 Å². The zero-order valence-corrected chi connectivity index (χ0v) is 10.3. The topological polar surface area (TPSA) is 32.9 Å². The molecule has 1 aromatic heterocycles. The summed E-state index contributed by atoms with van der Waals surface area (Å²) in [5, 5.41) is 1.12. The first kappa shape index (κ1) is 11.5. The summed E-state index contributed by atoms with van der Waals surface area (Å²) in [7, 11) is 0. The van der Waals surface area contributed by atoms with Gasteiger partial charge in [-0.05, 0) is 23.8 Å². The number of nitrogens with one attached hydrogen (secondary N) is 1. The summed E-state index contributed by atoms with van der Waals surface area (Å²) in [5.74, 6) is 0.0214. The number of hydrogen-bond acceptors (Lipinski definition) is 1. The fraction of sp³-hybridized carbons (Fsp3) is 0. The summed E-state index contributed by atoms with van der Waals surface area (Å²) in [6.45, 7) is 0. The van der Waals surface area contributed by atoms with Gasteiger partial charge in [-0.1, -0.05) is 48.5 Å². The van der Waals surface area contributed by atoms with Crippen LogP contribution in [0.4, 0.5) is 0 Å². The van der Waals surface area contributed by atoms with E-state index in [1.165, 1.54) is 0 Å². The van der Waals surface area contributed by atoms with Crippen LogP contribution in [0.15, 0.2) is 66.9 Å². The van der Waals surface area contributed by atoms with Crippen LogP contribution >= 0.6 is 0 Å². The number of H-pyrrole nitrogens is 1. The highest BCUT2D eigenvalue weighted by atomic mass is 16.1. The van der Waals surface area contributed by atoms with Crippen LogP contribution in [0.25, 0.3) is 17.0 Å². The van der Waals surface area contributed by atoms with Crippen molar-refractivity contribution in [2.24, 2.45) is 0 Å². The Morgan fingerprint density at radius 1 is 0.947 bits per heavy atom. The third-order valence-corrected chi connectivity index (χ3v) is 3.10. The molecule has 1 heterocycles. The first-order chi connectivity index (χ1) is 9.34. The number of ketones is 1. The molecule has 0 fully saturated rings. The van der Waals surface area contributed by atoms with Crippen LogP contribution in [-0.4, -0.2) is 10.8 Å². The minimum absolute atomic E-state index is 0.0214. The molecule has 19 heavy (non-hydrogen) atoms. The summed E-state index contributed by atoms with van der Waals surface area (Å²) in [5.41, 5.74) is 2.83. The van der Waals surface area contributed by atoms with Crippen LogP contribution in [-0.2, 0) is 0 Å². The lowest BCUT2D eigenvalue weighted by molar-refractivity contribution is 0.104. The van der Waals surface area contributed by atoms with Crippen molar-refractivity contribution in [1.29, 1.82) is 0 Å². The Morgan fingerprint density at radius 3 is 2.63 bits per heavy atom. The van der Waals surface area contributed by atoms with Crippen molar-refractivity contribution in [2.45, 2.75) is 0 Å². The normalized spacial score (nSPS) is 11.2. The highest BCUT2D eigenvalue weighted by molar-refractivity contribution is 6.07. The van der Waals surface area contributed by atoms with E-state index in [1.807, 2.05) is 66.9 Å². The van der Waals surface area contributed by atoms with Crippen molar-refractivity contribution < 1.29 is 4.79 Å². The van der Waals surface area contributed by atoms with E-state index in [0.29, 0.717) is 5.56 Å². The van der Waals surface area contributed by atoms with Gasteiger partial charge in [0, 0.05) is 22.7 Å². The predicted octanol–water partition coefficient (Wildman–Crippen LogP) is 4.06. The third-order valence-electron chi connectivity index (χ3n) is 3.10. The second-order valence-corrected chi connectivity index (χ2v) is 4.35. The molecule has 0 unspecified atom stereocenters. The van der Waals surface area contributed by atoms with Crippen LogP contribution in [0, 0.1) is 0 Å². The average molecular weight is 247 g/mol. The molecule has 92 valence electrons. The van der Waals surface area contributed by atoms with E-state index in [-0.39, 0.29) is 5.78 Å². The molecular weight excluding hydrogens is 234 g/mol. The van der Waals surface area contributed by atoms with Gasteiger partial charge in [0.05, 0.1) is 0 Å². The molecule has 0 atom stereocenters. The van der Waals surface area contributed by atoms with Crippen LogP contribution < -0.4 is 0 Å². The Balaban J connectivity index is 1.91.